The summed E-state index contributed by atoms with van der Waals surface area (Å²) in [7, 11) is 0. The fraction of sp³-hybridized carbons (Fsp3) is 0.455. The number of benzene rings is 1. The Balaban J connectivity index is 0.00000385. The van der Waals surface area contributed by atoms with Gasteiger partial charge in [-0.15, -0.1) is 12.4 Å². The molecule has 2 aliphatic rings. The van der Waals surface area contributed by atoms with Gasteiger partial charge < -0.3 is 19.9 Å². The zero-order chi connectivity index (χ0) is 22.9. The Labute approximate surface area is 197 Å². The quantitative estimate of drug-likeness (QED) is 0.269. The third-order valence-corrected chi connectivity index (χ3v) is 4.85. The highest BCUT2D eigenvalue weighted by Crippen LogP contribution is 2.28. The molecule has 11 heteroatoms. The van der Waals surface area contributed by atoms with E-state index in [9.17, 15) is 19.2 Å². The molecule has 2 heterocycles. The maximum absolute atomic E-state index is 12.8. The number of rotatable bonds is 10. The van der Waals surface area contributed by atoms with Crippen LogP contribution in [0.1, 0.15) is 39.1 Å². The van der Waals surface area contributed by atoms with Gasteiger partial charge in [-0.3, -0.25) is 29.4 Å². The average Bonchev–Trinajstić information content (AvgIpc) is 3.02. The number of nitrogens with zero attached hydrogens (tertiary/aromatic N) is 1. The van der Waals surface area contributed by atoms with E-state index in [2.05, 4.69) is 17.2 Å². The largest absolute Gasteiger partial charge is 0.378 e. The molecule has 1 saturated heterocycles. The van der Waals surface area contributed by atoms with Gasteiger partial charge in [-0.25, -0.2) is 0 Å². The number of fused-ring (bicyclic) bond motifs is 1. The van der Waals surface area contributed by atoms with Crippen molar-refractivity contribution >= 4 is 36.0 Å². The van der Waals surface area contributed by atoms with Gasteiger partial charge in [0, 0.05) is 18.5 Å². The lowest BCUT2D eigenvalue weighted by atomic mass is 10.0. The van der Waals surface area contributed by atoms with Crippen LogP contribution in [0.5, 0.6) is 0 Å². The van der Waals surface area contributed by atoms with E-state index < -0.39 is 29.7 Å². The maximum Gasteiger partial charge on any atom is 0.262 e. The number of hydrogen-bond donors (Lipinski definition) is 2. The van der Waals surface area contributed by atoms with Gasteiger partial charge in [-0.1, -0.05) is 11.8 Å². The molecule has 1 unspecified atom stereocenters. The first kappa shape index (κ1) is 26.4. The molecule has 0 saturated carbocycles. The van der Waals surface area contributed by atoms with E-state index >= 15 is 0 Å². The van der Waals surface area contributed by atoms with Crippen molar-refractivity contribution in [2.24, 2.45) is 5.73 Å². The normalized spacial score (nSPS) is 17.2. The zero-order valence-corrected chi connectivity index (χ0v) is 18.8. The van der Waals surface area contributed by atoms with Crippen LogP contribution in [0.15, 0.2) is 18.2 Å². The number of ether oxygens (including phenoxy) is 3. The Kier molecular flexibility index (Phi) is 10.4. The van der Waals surface area contributed by atoms with Gasteiger partial charge in [-0.2, -0.15) is 0 Å². The SMILES string of the molecule is Cl.NCCOCCOCCOCC#Cc1ccc2c(c1)C(=O)N(C1CCC(=O)NC1=O)C2=O. The van der Waals surface area contributed by atoms with E-state index in [1.54, 1.807) is 6.07 Å². The first-order valence-electron chi connectivity index (χ1n) is 10.3. The summed E-state index contributed by atoms with van der Waals surface area (Å²) in [4.78, 5) is 49.8. The third kappa shape index (κ3) is 6.83. The minimum Gasteiger partial charge on any atom is -0.378 e. The van der Waals surface area contributed by atoms with Crippen molar-refractivity contribution < 1.29 is 33.4 Å². The number of piperidine rings is 1. The molecule has 178 valence electrons. The lowest BCUT2D eigenvalue weighted by Gasteiger charge is -2.27. The summed E-state index contributed by atoms with van der Waals surface area (Å²) in [6.07, 6.45) is 0.193. The lowest BCUT2D eigenvalue weighted by molar-refractivity contribution is -0.136. The molecule has 3 N–H and O–H groups in total. The summed E-state index contributed by atoms with van der Waals surface area (Å²) in [5.41, 5.74) is 6.27. The van der Waals surface area contributed by atoms with Gasteiger partial charge >= 0.3 is 0 Å². The van der Waals surface area contributed by atoms with Crippen molar-refractivity contribution in [1.82, 2.24) is 10.2 Å². The average molecular weight is 480 g/mol. The smallest absolute Gasteiger partial charge is 0.262 e. The molecule has 3 rings (SSSR count). The van der Waals surface area contributed by atoms with Crippen LogP contribution >= 0.6 is 12.4 Å². The Morgan fingerprint density at radius 3 is 2.33 bits per heavy atom. The summed E-state index contributed by atoms with van der Waals surface area (Å²) < 4.78 is 15.9. The molecule has 4 amide bonds. The van der Waals surface area contributed by atoms with Crippen LogP contribution in [0.3, 0.4) is 0 Å². The fourth-order valence-corrected chi connectivity index (χ4v) is 3.33. The van der Waals surface area contributed by atoms with Gasteiger partial charge in [0.1, 0.15) is 12.6 Å². The van der Waals surface area contributed by atoms with Crippen LogP contribution in [-0.4, -0.2) is 80.8 Å². The summed E-state index contributed by atoms with van der Waals surface area (Å²) in [6, 6.07) is 3.69. The van der Waals surface area contributed by atoms with Crippen molar-refractivity contribution in [3.63, 3.8) is 0 Å². The Morgan fingerprint density at radius 1 is 0.970 bits per heavy atom. The van der Waals surface area contributed by atoms with Crippen molar-refractivity contribution in [1.29, 1.82) is 0 Å². The molecule has 0 aromatic heterocycles. The standard InChI is InChI=1S/C22H25N3O7.ClH/c23-7-9-31-11-13-32-12-10-30-8-1-2-15-3-4-16-17(14-15)22(29)25(21(16)28)18-5-6-19(26)24-20(18)27;/h3-4,14,18H,5-13,23H2,(H,24,26,27);1H. The fourth-order valence-electron chi connectivity index (χ4n) is 3.33. The molecule has 0 bridgehead atoms. The zero-order valence-electron chi connectivity index (χ0n) is 18.0. The Bertz CT molecular complexity index is 957. The van der Waals surface area contributed by atoms with Crippen LogP contribution in [0, 0.1) is 11.8 Å². The highest BCUT2D eigenvalue weighted by Gasteiger charge is 2.44. The Morgan fingerprint density at radius 2 is 1.64 bits per heavy atom. The molecule has 10 nitrogen and oxygen atoms in total. The molecular formula is C22H26ClN3O7. The van der Waals surface area contributed by atoms with Gasteiger partial charge in [0.15, 0.2) is 0 Å². The molecule has 0 aliphatic carbocycles. The Hall–Kier alpha value is -2.81. The first-order chi connectivity index (χ1) is 15.5. The molecule has 33 heavy (non-hydrogen) atoms. The topological polar surface area (TPSA) is 137 Å². The molecule has 2 aliphatic heterocycles. The van der Waals surface area contributed by atoms with E-state index in [1.165, 1.54) is 12.1 Å². The molecule has 1 aromatic carbocycles. The summed E-state index contributed by atoms with van der Waals surface area (Å²) in [5.74, 6) is 3.58. The lowest BCUT2D eigenvalue weighted by Crippen LogP contribution is -2.54. The second-order valence-electron chi connectivity index (χ2n) is 7.08. The number of halogens is 1. The second kappa shape index (κ2) is 13.0. The number of imide groups is 2. The molecule has 0 radical (unpaired) electrons. The summed E-state index contributed by atoms with van der Waals surface area (Å²) >= 11 is 0. The van der Waals surface area contributed by atoms with E-state index in [0.717, 1.165) is 4.90 Å². The van der Waals surface area contributed by atoms with E-state index in [1.807, 2.05) is 0 Å². The van der Waals surface area contributed by atoms with Crippen molar-refractivity contribution in [2.45, 2.75) is 18.9 Å². The number of nitrogens with two attached hydrogens (primary N) is 1. The van der Waals surface area contributed by atoms with Crippen LogP contribution in [-0.2, 0) is 23.8 Å². The molecule has 1 aromatic rings. The number of hydrogen-bond acceptors (Lipinski definition) is 8. The van der Waals surface area contributed by atoms with E-state index in [-0.39, 0.29) is 43.0 Å². The third-order valence-electron chi connectivity index (χ3n) is 4.85. The minimum atomic E-state index is -0.988. The van der Waals surface area contributed by atoms with Gasteiger partial charge in [0.25, 0.3) is 11.8 Å². The van der Waals surface area contributed by atoms with Gasteiger partial charge in [-0.05, 0) is 24.6 Å². The van der Waals surface area contributed by atoms with Crippen LogP contribution in [0.4, 0.5) is 0 Å². The number of amides is 4. The predicted octanol–water partition coefficient (Wildman–Crippen LogP) is -0.130. The first-order valence-corrected chi connectivity index (χ1v) is 10.3. The highest BCUT2D eigenvalue weighted by molar-refractivity contribution is 6.23. The summed E-state index contributed by atoms with van der Waals surface area (Å²) in [6.45, 7) is 2.91. The number of nitrogens with one attached hydrogen (secondary N) is 1. The minimum absolute atomic E-state index is 0. The summed E-state index contributed by atoms with van der Waals surface area (Å²) in [5, 5.41) is 2.17. The van der Waals surface area contributed by atoms with E-state index in [4.69, 9.17) is 19.9 Å². The highest BCUT2D eigenvalue weighted by atomic mass is 35.5. The maximum atomic E-state index is 12.8. The molecule has 1 atom stereocenters. The van der Waals surface area contributed by atoms with Gasteiger partial charge in [0.2, 0.25) is 11.8 Å². The monoisotopic (exact) mass is 479 g/mol. The van der Waals surface area contributed by atoms with Crippen molar-refractivity contribution in [2.75, 3.05) is 46.2 Å². The van der Waals surface area contributed by atoms with Gasteiger partial charge in [0.05, 0.1) is 44.2 Å². The predicted molar refractivity (Wildman–Crippen MR) is 119 cm³/mol. The van der Waals surface area contributed by atoms with Crippen LogP contribution in [0.25, 0.3) is 0 Å². The van der Waals surface area contributed by atoms with Crippen LogP contribution < -0.4 is 11.1 Å². The van der Waals surface area contributed by atoms with Crippen molar-refractivity contribution in [3.05, 3.63) is 34.9 Å². The molecule has 0 spiro atoms. The van der Waals surface area contributed by atoms with E-state index in [0.29, 0.717) is 45.1 Å². The molecule has 1 fully saturated rings. The number of carbonyl (C=O) groups excluding carboxylic acids is 4. The second-order valence-corrected chi connectivity index (χ2v) is 7.08. The van der Waals surface area contributed by atoms with Crippen molar-refractivity contribution in [3.8, 4) is 11.8 Å². The number of carbonyl (C=O) groups is 4. The van der Waals surface area contributed by atoms with Crippen LogP contribution in [0.2, 0.25) is 0 Å². The molecular weight excluding hydrogens is 454 g/mol.